The van der Waals surface area contributed by atoms with Gasteiger partial charge in [0, 0.05) is 34.6 Å². The van der Waals surface area contributed by atoms with Gasteiger partial charge in [0.25, 0.3) is 9.05 Å². The fourth-order valence-corrected chi connectivity index (χ4v) is 6.64. The van der Waals surface area contributed by atoms with E-state index in [0.29, 0.717) is 17.7 Å². The summed E-state index contributed by atoms with van der Waals surface area (Å²) < 4.78 is 57.3. The van der Waals surface area contributed by atoms with Gasteiger partial charge in [0.2, 0.25) is 10.0 Å². The molecule has 0 saturated heterocycles. The minimum Gasteiger partial charge on any atom is -0.363 e. The van der Waals surface area contributed by atoms with Gasteiger partial charge in [-0.05, 0) is 50.7 Å². The summed E-state index contributed by atoms with van der Waals surface area (Å²) in [4.78, 5) is 0.0375. The molecule has 0 spiro atoms. The average Bonchev–Trinajstić information content (AvgIpc) is 3.85. The number of aryl methyl sites for hydroxylation is 2. The van der Waals surface area contributed by atoms with Crippen molar-refractivity contribution in [2.24, 2.45) is 5.73 Å². The van der Waals surface area contributed by atoms with Crippen LogP contribution in [0.1, 0.15) is 48.2 Å². The molecule has 6 rings (SSSR count). The van der Waals surface area contributed by atoms with Gasteiger partial charge in [-0.25, -0.2) is 21.6 Å². The predicted molar refractivity (Wildman–Crippen MR) is 154 cm³/mol. The third kappa shape index (κ3) is 7.63. The van der Waals surface area contributed by atoms with Gasteiger partial charge in [0.1, 0.15) is 33.7 Å². The van der Waals surface area contributed by atoms with Crippen LogP contribution in [0, 0.1) is 13.8 Å². The highest BCUT2D eigenvalue weighted by Crippen LogP contribution is 2.48. The number of hydrogen-bond donors (Lipinski definition) is 2. The van der Waals surface area contributed by atoms with Crippen LogP contribution >= 0.6 is 10.7 Å². The lowest BCUT2D eigenvalue weighted by Crippen LogP contribution is -2.32. The van der Waals surface area contributed by atoms with E-state index in [4.69, 9.17) is 20.9 Å². The number of rotatable bonds is 8. The van der Waals surface area contributed by atoms with E-state index in [1.807, 2.05) is 30.3 Å². The van der Waals surface area contributed by atoms with E-state index in [2.05, 4.69) is 49.9 Å². The van der Waals surface area contributed by atoms with Gasteiger partial charge in [-0.1, -0.05) is 71.0 Å². The summed E-state index contributed by atoms with van der Waals surface area (Å²) in [6, 6.07) is 20.6. The molecule has 2 aliphatic rings. The van der Waals surface area contributed by atoms with Crippen LogP contribution in [0.4, 0.5) is 0 Å². The number of halogens is 1. The number of sulfonamides is 1. The molecule has 2 aromatic heterocycles. The van der Waals surface area contributed by atoms with E-state index in [1.54, 1.807) is 6.92 Å². The molecule has 2 aromatic carbocycles. The minimum absolute atomic E-state index is 0.0562. The zero-order valence-corrected chi connectivity index (χ0v) is 25.2. The zero-order chi connectivity index (χ0) is 29.7. The molecule has 4 aromatic rings. The van der Waals surface area contributed by atoms with Crippen LogP contribution in [0.5, 0.6) is 0 Å². The quantitative estimate of drug-likeness (QED) is 0.269. The molecular weight excluding hydrogens is 588 g/mol. The van der Waals surface area contributed by atoms with Gasteiger partial charge in [-0.15, -0.1) is 0 Å². The summed E-state index contributed by atoms with van der Waals surface area (Å²) in [5, 5.41) is 6.95. The number of benzene rings is 2. The number of nitrogens with two attached hydrogens (primary N) is 1. The molecule has 2 heterocycles. The van der Waals surface area contributed by atoms with E-state index in [1.165, 1.54) is 37.2 Å². The van der Waals surface area contributed by atoms with Crippen LogP contribution in [-0.4, -0.2) is 40.2 Å². The van der Waals surface area contributed by atoms with Gasteiger partial charge >= 0.3 is 0 Å². The molecule has 13 heteroatoms. The molecule has 2 aliphatic carbocycles. The molecule has 220 valence electrons. The summed E-state index contributed by atoms with van der Waals surface area (Å²) in [5.41, 5.74) is 9.26. The van der Waals surface area contributed by atoms with E-state index in [9.17, 15) is 16.8 Å². The highest BCUT2D eigenvalue weighted by Gasteiger charge is 2.45. The largest absolute Gasteiger partial charge is 0.363 e. The molecule has 2 fully saturated rings. The van der Waals surface area contributed by atoms with Crippen molar-refractivity contribution < 1.29 is 25.9 Å². The van der Waals surface area contributed by atoms with E-state index < -0.39 is 19.1 Å². The van der Waals surface area contributed by atoms with Crippen molar-refractivity contribution in [2.45, 2.75) is 60.2 Å². The number of nitrogens with zero attached hydrogens (tertiary/aromatic N) is 2. The highest BCUT2D eigenvalue weighted by molar-refractivity contribution is 8.13. The standard InChI is InChI=1S/C14H16N2O3S.C10H13N.C4H4ClNO3S/c1-11-13(9-19-16-11)20(17,18)15-10-14(7-8-14)12-5-3-2-4-6-12;11-8-10(6-7-10)9-4-2-1-3-5-9;1-3-4(2-9-6-3)10(5,7)8/h2-6,9,15H,7-8,10H2,1H3;1-5H,6-8,11H2;2H,1H3. The minimum atomic E-state index is -3.67. The normalized spacial score (nSPS) is 16.5. The van der Waals surface area contributed by atoms with Crippen molar-refractivity contribution in [3.05, 3.63) is 95.7 Å². The number of hydrogen-bond acceptors (Lipinski definition) is 9. The van der Waals surface area contributed by atoms with E-state index >= 15 is 0 Å². The van der Waals surface area contributed by atoms with E-state index in [0.717, 1.165) is 25.6 Å². The molecule has 0 amide bonds. The van der Waals surface area contributed by atoms with Crippen molar-refractivity contribution in [1.82, 2.24) is 15.0 Å². The molecule has 10 nitrogen and oxygen atoms in total. The van der Waals surface area contributed by atoms with Gasteiger partial charge < -0.3 is 14.8 Å². The first kappa shape index (κ1) is 30.9. The van der Waals surface area contributed by atoms with Crippen LogP contribution in [0.2, 0.25) is 0 Å². The summed E-state index contributed by atoms with van der Waals surface area (Å²) in [5.74, 6) is 0. The van der Waals surface area contributed by atoms with Gasteiger partial charge in [0.05, 0.1) is 0 Å². The van der Waals surface area contributed by atoms with Crippen molar-refractivity contribution in [3.8, 4) is 0 Å². The summed E-state index contributed by atoms with van der Waals surface area (Å²) >= 11 is 0. The van der Waals surface area contributed by atoms with Gasteiger partial charge in [-0.2, -0.15) is 0 Å². The van der Waals surface area contributed by atoms with Crippen molar-refractivity contribution >= 4 is 29.8 Å². The Labute approximate surface area is 244 Å². The SMILES string of the molecule is Cc1nocc1S(=O)(=O)Cl.Cc1nocc1S(=O)(=O)NCC1(c2ccccc2)CC1.NCC1(c2ccccc2)CC1. The Hall–Kier alpha value is -3.03. The third-order valence-corrected chi connectivity index (χ3v) is 10.3. The smallest absolute Gasteiger partial charge is 0.266 e. The van der Waals surface area contributed by atoms with Crippen molar-refractivity contribution in [1.29, 1.82) is 0 Å². The average molecular weight is 621 g/mol. The molecule has 3 N–H and O–H groups in total. The van der Waals surface area contributed by atoms with Crippen LogP contribution in [0.25, 0.3) is 0 Å². The molecule has 0 aliphatic heterocycles. The first-order valence-electron chi connectivity index (χ1n) is 13.0. The van der Waals surface area contributed by atoms with E-state index in [-0.39, 0.29) is 20.9 Å². The van der Waals surface area contributed by atoms with Crippen LogP contribution < -0.4 is 10.5 Å². The maximum atomic E-state index is 12.2. The molecule has 0 unspecified atom stereocenters. The first-order valence-corrected chi connectivity index (χ1v) is 16.8. The summed E-state index contributed by atoms with van der Waals surface area (Å²) in [6.07, 6.45) is 6.71. The Morgan fingerprint density at radius 3 is 1.56 bits per heavy atom. The Bertz CT molecular complexity index is 1650. The topological polar surface area (TPSA) is 158 Å². The Kier molecular flexibility index (Phi) is 9.39. The zero-order valence-electron chi connectivity index (χ0n) is 22.8. The molecule has 0 atom stereocenters. The Morgan fingerprint density at radius 2 is 1.22 bits per heavy atom. The van der Waals surface area contributed by atoms with Crippen LogP contribution in [0.15, 0.2) is 92.0 Å². The van der Waals surface area contributed by atoms with Crippen LogP contribution in [0.3, 0.4) is 0 Å². The predicted octanol–water partition coefficient (Wildman–Crippen LogP) is 4.58. The maximum Gasteiger partial charge on any atom is 0.266 e. The fourth-order valence-electron chi connectivity index (χ4n) is 4.43. The molecule has 0 bridgehead atoms. The highest BCUT2D eigenvalue weighted by atomic mass is 35.7. The monoisotopic (exact) mass is 620 g/mol. The first-order chi connectivity index (χ1) is 19.4. The Balaban J connectivity index is 0.000000156. The molecular formula is C28H33ClN4O6S2. The van der Waals surface area contributed by atoms with Crippen molar-refractivity contribution in [3.63, 3.8) is 0 Å². The molecule has 41 heavy (non-hydrogen) atoms. The number of aromatic nitrogens is 2. The Morgan fingerprint density at radius 1 is 0.780 bits per heavy atom. The van der Waals surface area contributed by atoms with Gasteiger partial charge in [0.15, 0.2) is 0 Å². The fraction of sp³-hybridized carbons (Fsp3) is 0.357. The van der Waals surface area contributed by atoms with Crippen molar-refractivity contribution in [2.75, 3.05) is 13.1 Å². The third-order valence-electron chi connectivity index (χ3n) is 7.43. The summed E-state index contributed by atoms with van der Waals surface area (Å²) in [6.45, 7) is 4.32. The second-order valence-corrected chi connectivity index (χ2v) is 14.6. The van der Waals surface area contributed by atoms with Gasteiger partial charge in [-0.3, -0.25) is 0 Å². The van der Waals surface area contributed by atoms with Crippen LogP contribution in [-0.2, 0) is 29.9 Å². The number of nitrogens with one attached hydrogen (secondary N) is 1. The molecule has 0 radical (unpaired) electrons. The maximum absolute atomic E-state index is 12.2. The molecule has 2 saturated carbocycles. The lowest BCUT2D eigenvalue weighted by molar-refractivity contribution is 0.413. The lowest BCUT2D eigenvalue weighted by Gasteiger charge is -2.16. The summed E-state index contributed by atoms with van der Waals surface area (Å²) in [7, 11) is -2.25. The second kappa shape index (κ2) is 12.5. The lowest BCUT2D eigenvalue weighted by atomic mass is 9.96. The second-order valence-electron chi connectivity index (χ2n) is 10.3.